The van der Waals surface area contributed by atoms with Gasteiger partial charge in [0.15, 0.2) is 11.6 Å². The molecule has 1 N–H and O–H groups in total. The van der Waals surface area contributed by atoms with E-state index in [-0.39, 0.29) is 5.56 Å². The van der Waals surface area contributed by atoms with Gasteiger partial charge in [0, 0.05) is 12.1 Å². The average molecular weight is 269 g/mol. The molecule has 1 fully saturated rings. The summed E-state index contributed by atoms with van der Waals surface area (Å²) in [6.07, 6.45) is 0.913. The molecule has 0 bridgehead atoms. The van der Waals surface area contributed by atoms with Crippen LogP contribution in [0, 0.1) is 11.6 Å². The smallest absolute Gasteiger partial charge is 0.329 e. The Morgan fingerprint density at radius 1 is 1.32 bits per heavy atom. The Bertz CT molecular complexity index is 547. The molecule has 1 amide bonds. The molecule has 1 aromatic carbocycles. The van der Waals surface area contributed by atoms with Crippen LogP contribution in [0.5, 0.6) is 0 Å². The van der Waals surface area contributed by atoms with E-state index in [2.05, 4.69) is 0 Å². The molecule has 19 heavy (non-hydrogen) atoms. The lowest BCUT2D eigenvalue weighted by atomic mass is 9.98. The minimum atomic E-state index is -1.29. The first kappa shape index (κ1) is 13.5. The molecule has 0 saturated carbocycles. The molecule has 0 radical (unpaired) electrons. The summed E-state index contributed by atoms with van der Waals surface area (Å²) in [5.41, 5.74) is -1.34. The zero-order chi connectivity index (χ0) is 14.2. The highest BCUT2D eigenvalue weighted by Crippen LogP contribution is 2.30. The fourth-order valence-electron chi connectivity index (χ4n) is 2.30. The number of halogens is 2. The van der Waals surface area contributed by atoms with Crippen LogP contribution in [0.15, 0.2) is 18.2 Å². The van der Waals surface area contributed by atoms with E-state index in [0.29, 0.717) is 19.4 Å². The fraction of sp³-hybridized carbons (Fsp3) is 0.385. The molecule has 1 aromatic rings. The van der Waals surface area contributed by atoms with Crippen LogP contribution in [0.25, 0.3) is 0 Å². The van der Waals surface area contributed by atoms with Crippen molar-refractivity contribution in [3.8, 4) is 0 Å². The van der Waals surface area contributed by atoms with E-state index in [9.17, 15) is 23.5 Å². The van der Waals surface area contributed by atoms with Crippen LogP contribution in [0.3, 0.4) is 0 Å². The standard InChI is InChI=1S/C13H13F2NO3/c1-13(12(18)19)5-2-6-16(13)11(17)8-3-4-9(14)10(15)7-8/h3-4,7H,2,5-6H2,1H3,(H,18,19). The Hall–Kier alpha value is -1.98. The Morgan fingerprint density at radius 2 is 2.00 bits per heavy atom. The fourth-order valence-corrected chi connectivity index (χ4v) is 2.30. The molecule has 1 atom stereocenters. The Morgan fingerprint density at radius 3 is 2.58 bits per heavy atom. The molecular formula is C13H13F2NO3. The third-order valence-electron chi connectivity index (χ3n) is 3.51. The van der Waals surface area contributed by atoms with Gasteiger partial charge in [0.05, 0.1) is 0 Å². The number of rotatable bonds is 2. The first-order valence-corrected chi connectivity index (χ1v) is 5.86. The van der Waals surface area contributed by atoms with Crippen molar-refractivity contribution in [1.82, 2.24) is 4.90 Å². The quantitative estimate of drug-likeness (QED) is 0.893. The van der Waals surface area contributed by atoms with Crippen LogP contribution in [-0.4, -0.2) is 34.0 Å². The molecule has 1 heterocycles. The summed E-state index contributed by atoms with van der Waals surface area (Å²) in [4.78, 5) is 24.7. The van der Waals surface area contributed by atoms with Gasteiger partial charge in [0.25, 0.3) is 5.91 Å². The van der Waals surface area contributed by atoms with Gasteiger partial charge in [-0.15, -0.1) is 0 Å². The second kappa shape index (κ2) is 4.60. The monoisotopic (exact) mass is 269 g/mol. The Balaban J connectivity index is 2.33. The van der Waals surface area contributed by atoms with Crippen LogP contribution < -0.4 is 0 Å². The minimum Gasteiger partial charge on any atom is -0.480 e. The van der Waals surface area contributed by atoms with E-state index in [1.807, 2.05) is 0 Å². The number of carboxylic acid groups (broad SMARTS) is 1. The maximum absolute atomic E-state index is 13.1. The number of hydrogen-bond acceptors (Lipinski definition) is 2. The van der Waals surface area contributed by atoms with Crippen molar-refractivity contribution in [3.05, 3.63) is 35.4 Å². The molecule has 1 aliphatic rings. The van der Waals surface area contributed by atoms with Crippen LogP contribution in [-0.2, 0) is 4.79 Å². The average Bonchev–Trinajstić information content (AvgIpc) is 2.75. The SMILES string of the molecule is CC1(C(=O)O)CCCN1C(=O)c1ccc(F)c(F)c1. The minimum absolute atomic E-state index is 0.0479. The summed E-state index contributed by atoms with van der Waals surface area (Å²) in [6, 6.07) is 2.80. The predicted octanol–water partition coefficient (Wildman–Crippen LogP) is 2.04. The number of nitrogens with zero attached hydrogens (tertiary/aromatic N) is 1. The van der Waals surface area contributed by atoms with Crippen molar-refractivity contribution in [2.24, 2.45) is 0 Å². The molecule has 1 unspecified atom stereocenters. The van der Waals surface area contributed by atoms with Crippen LogP contribution in [0.4, 0.5) is 8.78 Å². The molecule has 0 spiro atoms. The van der Waals surface area contributed by atoms with Gasteiger partial charge >= 0.3 is 5.97 Å². The summed E-state index contributed by atoms with van der Waals surface area (Å²) < 4.78 is 25.9. The summed E-state index contributed by atoms with van der Waals surface area (Å²) >= 11 is 0. The highest BCUT2D eigenvalue weighted by molar-refractivity contribution is 5.98. The van der Waals surface area contributed by atoms with E-state index in [4.69, 9.17) is 0 Å². The zero-order valence-corrected chi connectivity index (χ0v) is 10.3. The molecule has 102 valence electrons. The highest BCUT2D eigenvalue weighted by atomic mass is 19.2. The number of benzene rings is 1. The van der Waals surface area contributed by atoms with E-state index in [1.54, 1.807) is 0 Å². The van der Waals surface area contributed by atoms with Gasteiger partial charge in [-0.2, -0.15) is 0 Å². The number of carbonyl (C=O) groups excluding carboxylic acids is 1. The van der Waals surface area contributed by atoms with Crippen molar-refractivity contribution in [1.29, 1.82) is 0 Å². The second-order valence-corrected chi connectivity index (χ2v) is 4.77. The Labute approximate surface area is 108 Å². The second-order valence-electron chi connectivity index (χ2n) is 4.77. The lowest BCUT2D eigenvalue weighted by Gasteiger charge is -2.31. The topological polar surface area (TPSA) is 57.6 Å². The van der Waals surface area contributed by atoms with Crippen LogP contribution in [0.2, 0.25) is 0 Å². The van der Waals surface area contributed by atoms with E-state index in [0.717, 1.165) is 18.2 Å². The summed E-state index contributed by atoms with van der Waals surface area (Å²) in [7, 11) is 0. The van der Waals surface area contributed by atoms with E-state index in [1.165, 1.54) is 11.8 Å². The van der Waals surface area contributed by atoms with Gasteiger partial charge < -0.3 is 10.0 Å². The van der Waals surface area contributed by atoms with Crippen LogP contribution >= 0.6 is 0 Å². The predicted molar refractivity (Wildman–Crippen MR) is 62.7 cm³/mol. The van der Waals surface area contributed by atoms with Crippen molar-refractivity contribution >= 4 is 11.9 Å². The lowest BCUT2D eigenvalue weighted by Crippen LogP contribution is -2.50. The van der Waals surface area contributed by atoms with Crippen LogP contribution in [0.1, 0.15) is 30.1 Å². The molecular weight excluding hydrogens is 256 g/mol. The number of carbonyl (C=O) groups is 2. The first-order valence-electron chi connectivity index (χ1n) is 5.86. The molecule has 2 rings (SSSR count). The normalized spacial score (nSPS) is 22.6. The summed E-state index contributed by atoms with van der Waals surface area (Å²) in [5.74, 6) is -3.86. The molecule has 6 heteroatoms. The molecule has 1 aliphatic heterocycles. The maximum Gasteiger partial charge on any atom is 0.329 e. The van der Waals surface area contributed by atoms with Gasteiger partial charge in [0.2, 0.25) is 0 Å². The van der Waals surface area contributed by atoms with Crippen molar-refractivity contribution in [3.63, 3.8) is 0 Å². The number of likely N-dealkylation sites (tertiary alicyclic amines) is 1. The number of hydrogen-bond donors (Lipinski definition) is 1. The van der Waals surface area contributed by atoms with E-state index < -0.39 is 29.0 Å². The van der Waals surface area contributed by atoms with Gasteiger partial charge in [-0.3, -0.25) is 4.79 Å². The van der Waals surface area contributed by atoms with Crippen molar-refractivity contribution in [2.75, 3.05) is 6.54 Å². The van der Waals surface area contributed by atoms with E-state index >= 15 is 0 Å². The molecule has 1 saturated heterocycles. The van der Waals surface area contributed by atoms with Crippen molar-refractivity contribution < 1.29 is 23.5 Å². The van der Waals surface area contributed by atoms with Gasteiger partial charge in [-0.25, -0.2) is 13.6 Å². The van der Waals surface area contributed by atoms with Gasteiger partial charge in [-0.05, 0) is 38.0 Å². The van der Waals surface area contributed by atoms with Crippen molar-refractivity contribution in [2.45, 2.75) is 25.3 Å². The summed E-state index contributed by atoms with van der Waals surface area (Å²) in [5, 5.41) is 9.21. The largest absolute Gasteiger partial charge is 0.480 e. The van der Waals surface area contributed by atoms with Gasteiger partial charge in [-0.1, -0.05) is 0 Å². The lowest BCUT2D eigenvalue weighted by molar-refractivity contribution is -0.147. The highest BCUT2D eigenvalue weighted by Gasteiger charge is 2.46. The zero-order valence-electron chi connectivity index (χ0n) is 10.3. The number of carboxylic acids is 1. The molecule has 4 nitrogen and oxygen atoms in total. The Kier molecular flexibility index (Phi) is 3.26. The molecule has 0 aromatic heterocycles. The maximum atomic E-state index is 13.1. The summed E-state index contributed by atoms with van der Waals surface area (Å²) in [6.45, 7) is 1.75. The third-order valence-corrected chi connectivity index (χ3v) is 3.51. The number of amides is 1. The number of aliphatic carboxylic acids is 1. The molecule has 0 aliphatic carbocycles. The third kappa shape index (κ3) is 2.18. The first-order chi connectivity index (χ1) is 8.86. The van der Waals surface area contributed by atoms with Gasteiger partial charge in [0.1, 0.15) is 5.54 Å².